The van der Waals surface area contributed by atoms with Gasteiger partial charge in [0.25, 0.3) is 0 Å². The molecule has 2 aromatic heterocycles. The molecule has 2 aromatic rings. The minimum Gasteiger partial charge on any atom is -0.395 e. The number of β-amino-alcohol motifs (C(OH)–C–C–N with tert-alkyl or cyclic N) is 1. The summed E-state index contributed by atoms with van der Waals surface area (Å²) < 4.78 is 5.80. The maximum Gasteiger partial charge on any atom is 0.102 e. The summed E-state index contributed by atoms with van der Waals surface area (Å²) >= 11 is 0. The third-order valence-corrected chi connectivity index (χ3v) is 4.75. The molecule has 0 radical (unpaired) electrons. The Balaban J connectivity index is 1.78. The Labute approximate surface area is 137 Å². The van der Waals surface area contributed by atoms with Crippen molar-refractivity contribution in [2.24, 2.45) is 5.92 Å². The fraction of sp³-hybridized carbons (Fsp3) is 0.556. The summed E-state index contributed by atoms with van der Waals surface area (Å²) in [5, 5.41) is 10.1. The highest BCUT2D eigenvalue weighted by atomic mass is 16.5. The summed E-state index contributed by atoms with van der Waals surface area (Å²) in [7, 11) is 1.77. The average molecular weight is 315 g/mol. The molecule has 1 saturated heterocycles. The number of aromatic nitrogens is 2. The van der Waals surface area contributed by atoms with E-state index in [2.05, 4.69) is 22.0 Å². The Morgan fingerprint density at radius 3 is 2.83 bits per heavy atom. The van der Waals surface area contributed by atoms with Gasteiger partial charge in [0.05, 0.1) is 17.8 Å². The summed E-state index contributed by atoms with van der Waals surface area (Å²) in [5.41, 5.74) is 2.97. The number of aliphatic hydroxyl groups is 1. The molecule has 1 N–H and O–H groups in total. The van der Waals surface area contributed by atoms with Crippen LogP contribution >= 0.6 is 0 Å². The summed E-state index contributed by atoms with van der Waals surface area (Å²) in [6.45, 7) is 5.02. The van der Waals surface area contributed by atoms with Crippen LogP contribution in [0.4, 0.5) is 0 Å². The molecule has 1 aliphatic heterocycles. The predicted molar refractivity (Wildman–Crippen MR) is 90.3 cm³/mol. The van der Waals surface area contributed by atoms with E-state index in [1.54, 1.807) is 7.11 Å². The zero-order valence-corrected chi connectivity index (χ0v) is 13.9. The van der Waals surface area contributed by atoms with E-state index in [1.807, 2.05) is 19.2 Å². The molecule has 0 saturated carbocycles. The largest absolute Gasteiger partial charge is 0.395 e. The van der Waals surface area contributed by atoms with Gasteiger partial charge in [0.15, 0.2) is 0 Å². The lowest BCUT2D eigenvalue weighted by Crippen LogP contribution is -2.37. The van der Waals surface area contributed by atoms with Crippen molar-refractivity contribution in [3.05, 3.63) is 35.8 Å². The van der Waals surface area contributed by atoms with Gasteiger partial charge >= 0.3 is 0 Å². The molecule has 0 amide bonds. The van der Waals surface area contributed by atoms with Gasteiger partial charge in [-0.1, -0.05) is 0 Å². The van der Waals surface area contributed by atoms with Crippen LogP contribution in [-0.4, -0.2) is 53.3 Å². The van der Waals surface area contributed by atoms with Gasteiger partial charge in [-0.05, 0) is 57.0 Å². The van der Waals surface area contributed by atoms with Crippen LogP contribution in [-0.2, 0) is 4.74 Å². The predicted octanol–water partition coefficient (Wildman–Crippen LogP) is 2.33. The number of fused-ring (bicyclic) bond motifs is 1. The lowest BCUT2D eigenvalue weighted by Gasteiger charge is -2.35. The molecular weight excluding hydrogens is 290 g/mol. The maximum absolute atomic E-state index is 9.06. The third-order valence-electron chi connectivity index (χ3n) is 4.75. The van der Waals surface area contributed by atoms with Gasteiger partial charge < -0.3 is 14.7 Å². The number of rotatable bonds is 5. The molecule has 0 spiro atoms. The highest BCUT2D eigenvalue weighted by molar-refractivity contribution is 5.77. The van der Waals surface area contributed by atoms with Gasteiger partial charge in [-0.3, -0.25) is 4.98 Å². The molecule has 124 valence electrons. The van der Waals surface area contributed by atoms with Crippen LogP contribution in [0.5, 0.6) is 0 Å². The molecular formula is C18H25N3O2. The van der Waals surface area contributed by atoms with Crippen molar-refractivity contribution in [2.75, 3.05) is 33.4 Å². The summed E-state index contributed by atoms with van der Waals surface area (Å²) in [6.07, 6.45) is 4.06. The van der Waals surface area contributed by atoms with Gasteiger partial charge in [0.2, 0.25) is 0 Å². The SMILES string of the molecule is COC(c1ccc2cnc(C)cc2n1)C1CCN(CCO)CC1. The van der Waals surface area contributed by atoms with Crippen LogP contribution in [0.15, 0.2) is 24.4 Å². The van der Waals surface area contributed by atoms with E-state index in [0.29, 0.717) is 5.92 Å². The van der Waals surface area contributed by atoms with Crippen LogP contribution < -0.4 is 0 Å². The van der Waals surface area contributed by atoms with Gasteiger partial charge in [-0.2, -0.15) is 0 Å². The number of methoxy groups -OCH3 is 1. The molecule has 1 atom stereocenters. The maximum atomic E-state index is 9.06. The number of pyridine rings is 2. The standard InChI is InChI=1S/C18H25N3O2/c1-13-11-17-15(12-19-13)3-4-16(20-17)18(23-2)14-5-7-21(8-6-14)9-10-22/h3-4,11-12,14,18,22H,5-10H2,1-2H3. The van der Waals surface area contributed by atoms with E-state index < -0.39 is 0 Å². The number of hydrogen-bond acceptors (Lipinski definition) is 5. The lowest BCUT2D eigenvalue weighted by molar-refractivity contribution is 0.0155. The Kier molecular flexibility index (Phi) is 5.20. The van der Waals surface area contributed by atoms with Crippen molar-refractivity contribution in [3.63, 3.8) is 0 Å². The molecule has 23 heavy (non-hydrogen) atoms. The molecule has 1 fully saturated rings. The van der Waals surface area contributed by atoms with Crippen molar-refractivity contribution in [1.82, 2.24) is 14.9 Å². The minimum absolute atomic E-state index is 0.0316. The van der Waals surface area contributed by atoms with E-state index >= 15 is 0 Å². The second-order valence-electron chi connectivity index (χ2n) is 6.31. The number of nitrogens with zero attached hydrogens (tertiary/aromatic N) is 3. The fourth-order valence-electron chi connectivity index (χ4n) is 3.47. The minimum atomic E-state index is 0.0316. The molecule has 5 nitrogen and oxygen atoms in total. The van der Waals surface area contributed by atoms with E-state index in [4.69, 9.17) is 14.8 Å². The van der Waals surface area contributed by atoms with Crippen molar-refractivity contribution in [2.45, 2.75) is 25.9 Å². The number of piperidine rings is 1. The van der Waals surface area contributed by atoms with Crippen LogP contribution in [0, 0.1) is 12.8 Å². The molecule has 3 rings (SSSR count). The molecule has 1 unspecified atom stereocenters. The van der Waals surface area contributed by atoms with Gasteiger partial charge in [-0.15, -0.1) is 0 Å². The second kappa shape index (κ2) is 7.34. The Morgan fingerprint density at radius 1 is 1.35 bits per heavy atom. The van der Waals surface area contributed by atoms with Crippen molar-refractivity contribution in [3.8, 4) is 0 Å². The monoisotopic (exact) mass is 315 g/mol. The highest BCUT2D eigenvalue weighted by Gasteiger charge is 2.28. The Bertz CT molecular complexity index is 654. The first kappa shape index (κ1) is 16.3. The van der Waals surface area contributed by atoms with Crippen LogP contribution in [0.2, 0.25) is 0 Å². The Hall–Kier alpha value is -1.56. The number of hydrogen-bond donors (Lipinski definition) is 1. The summed E-state index contributed by atoms with van der Waals surface area (Å²) in [4.78, 5) is 11.5. The molecule has 0 aliphatic carbocycles. The van der Waals surface area contributed by atoms with Crippen molar-refractivity contribution < 1.29 is 9.84 Å². The first-order chi connectivity index (χ1) is 11.2. The quantitative estimate of drug-likeness (QED) is 0.917. The normalized spacial score (nSPS) is 18.4. The van der Waals surface area contributed by atoms with Gasteiger partial charge in [0.1, 0.15) is 6.10 Å². The number of likely N-dealkylation sites (tertiary alicyclic amines) is 1. The second-order valence-corrected chi connectivity index (χ2v) is 6.31. The van der Waals surface area contributed by atoms with E-state index in [-0.39, 0.29) is 12.7 Å². The first-order valence-corrected chi connectivity index (χ1v) is 8.30. The lowest BCUT2D eigenvalue weighted by atomic mass is 9.89. The zero-order valence-electron chi connectivity index (χ0n) is 13.9. The highest BCUT2D eigenvalue weighted by Crippen LogP contribution is 2.33. The molecule has 1 aliphatic rings. The van der Waals surface area contributed by atoms with Crippen LogP contribution in [0.3, 0.4) is 0 Å². The average Bonchev–Trinajstić information content (AvgIpc) is 2.57. The van der Waals surface area contributed by atoms with E-state index in [1.165, 1.54) is 0 Å². The van der Waals surface area contributed by atoms with E-state index in [0.717, 1.165) is 54.8 Å². The summed E-state index contributed by atoms with van der Waals surface area (Å²) in [6, 6.07) is 6.17. The first-order valence-electron chi connectivity index (χ1n) is 8.30. The van der Waals surface area contributed by atoms with E-state index in [9.17, 15) is 0 Å². The summed E-state index contributed by atoms with van der Waals surface area (Å²) in [5.74, 6) is 0.475. The molecule has 5 heteroatoms. The van der Waals surface area contributed by atoms with Crippen molar-refractivity contribution in [1.29, 1.82) is 0 Å². The Morgan fingerprint density at radius 2 is 2.13 bits per heavy atom. The molecule has 0 bridgehead atoms. The van der Waals surface area contributed by atoms with Crippen LogP contribution in [0.25, 0.3) is 10.9 Å². The smallest absolute Gasteiger partial charge is 0.102 e. The topological polar surface area (TPSA) is 58.5 Å². The molecule has 3 heterocycles. The van der Waals surface area contributed by atoms with Crippen molar-refractivity contribution >= 4 is 10.9 Å². The third kappa shape index (κ3) is 3.68. The number of ether oxygens (including phenoxy) is 1. The van der Waals surface area contributed by atoms with Crippen LogP contribution in [0.1, 0.15) is 30.3 Å². The zero-order chi connectivity index (χ0) is 16.2. The number of aliphatic hydroxyl groups excluding tert-OH is 1. The number of aryl methyl sites for hydroxylation is 1. The molecule has 0 aromatic carbocycles. The fourth-order valence-corrected chi connectivity index (χ4v) is 3.47. The van der Waals surface area contributed by atoms with Gasteiger partial charge in [-0.25, -0.2) is 4.98 Å². The van der Waals surface area contributed by atoms with Gasteiger partial charge in [0, 0.05) is 30.9 Å².